The number of benzene rings is 2. The maximum absolute atomic E-state index is 12.5. The van der Waals surface area contributed by atoms with Crippen molar-refractivity contribution >= 4 is 35.0 Å². The molecule has 1 aromatic heterocycles. The van der Waals surface area contributed by atoms with E-state index in [1.165, 1.54) is 11.8 Å². The standard InChI is InChI=1S/C21H23ClN4OS/c1-21(2,3)16-10-5-6-11-17(16)23-18(27)13-28-20-25-24-19(26(20)4)14-8-7-9-15(22)12-14/h5-12H,13H2,1-4H3,(H,23,27). The van der Waals surface area contributed by atoms with E-state index in [4.69, 9.17) is 11.6 Å². The van der Waals surface area contributed by atoms with Gasteiger partial charge in [0.2, 0.25) is 5.91 Å². The van der Waals surface area contributed by atoms with Gasteiger partial charge in [-0.05, 0) is 29.2 Å². The summed E-state index contributed by atoms with van der Waals surface area (Å²) in [6.45, 7) is 6.39. The number of rotatable bonds is 5. The van der Waals surface area contributed by atoms with Gasteiger partial charge in [0, 0.05) is 23.3 Å². The minimum Gasteiger partial charge on any atom is -0.325 e. The average Bonchev–Trinajstić information content (AvgIpc) is 3.00. The highest BCUT2D eigenvalue weighted by atomic mass is 35.5. The van der Waals surface area contributed by atoms with Gasteiger partial charge in [-0.1, -0.05) is 74.5 Å². The molecule has 1 heterocycles. The van der Waals surface area contributed by atoms with Crippen LogP contribution >= 0.6 is 23.4 Å². The maximum Gasteiger partial charge on any atom is 0.234 e. The number of hydrogen-bond donors (Lipinski definition) is 1. The van der Waals surface area contributed by atoms with E-state index in [0.717, 1.165) is 16.8 Å². The minimum absolute atomic E-state index is 0.0491. The van der Waals surface area contributed by atoms with Crippen molar-refractivity contribution in [2.24, 2.45) is 7.05 Å². The van der Waals surface area contributed by atoms with Crippen molar-refractivity contribution in [3.63, 3.8) is 0 Å². The summed E-state index contributed by atoms with van der Waals surface area (Å²) in [4.78, 5) is 12.5. The Hall–Kier alpha value is -2.31. The lowest BCUT2D eigenvalue weighted by molar-refractivity contribution is -0.113. The molecular weight excluding hydrogens is 392 g/mol. The van der Waals surface area contributed by atoms with Gasteiger partial charge >= 0.3 is 0 Å². The number of amides is 1. The van der Waals surface area contributed by atoms with Crippen molar-refractivity contribution in [1.29, 1.82) is 0 Å². The first kappa shape index (κ1) is 20.4. The van der Waals surface area contributed by atoms with E-state index in [2.05, 4.69) is 36.3 Å². The van der Waals surface area contributed by atoms with Crippen molar-refractivity contribution in [3.8, 4) is 11.4 Å². The molecule has 0 aliphatic heterocycles. The van der Waals surface area contributed by atoms with Crippen LogP contribution in [0.3, 0.4) is 0 Å². The first-order valence-corrected chi connectivity index (χ1v) is 10.3. The van der Waals surface area contributed by atoms with Gasteiger partial charge in [-0.2, -0.15) is 0 Å². The van der Waals surface area contributed by atoms with Crippen molar-refractivity contribution in [2.75, 3.05) is 11.1 Å². The summed E-state index contributed by atoms with van der Waals surface area (Å²) in [5.41, 5.74) is 2.79. The third-order valence-corrected chi connectivity index (χ3v) is 5.51. The zero-order valence-corrected chi connectivity index (χ0v) is 17.9. The van der Waals surface area contributed by atoms with Crippen molar-refractivity contribution in [2.45, 2.75) is 31.3 Å². The molecule has 0 spiro atoms. The maximum atomic E-state index is 12.5. The Balaban J connectivity index is 1.68. The molecule has 0 aliphatic rings. The van der Waals surface area contributed by atoms with Crippen LogP contribution in [0.5, 0.6) is 0 Å². The number of hydrogen-bond acceptors (Lipinski definition) is 4. The van der Waals surface area contributed by atoms with Crippen LogP contribution in [0.4, 0.5) is 5.69 Å². The van der Waals surface area contributed by atoms with Gasteiger partial charge in [0.05, 0.1) is 5.75 Å². The summed E-state index contributed by atoms with van der Waals surface area (Å²) in [5.74, 6) is 0.887. The lowest BCUT2D eigenvalue weighted by Crippen LogP contribution is -2.20. The van der Waals surface area contributed by atoms with E-state index in [1.807, 2.05) is 60.1 Å². The Labute approximate surface area is 174 Å². The van der Waals surface area contributed by atoms with E-state index >= 15 is 0 Å². The van der Waals surface area contributed by atoms with Crippen molar-refractivity contribution in [1.82, 2.24) is 14.8 Å². The first-order chi connectivity index (χ1) is 13.3. The molecule has 7 heteroatoms. The summed E-state index contributed by atoms with van der Waals surface area (Å²) in [7, 11) is 1.88. The Kier molecular flexibility index (Phi) is 6.10. The number of nitrogens with zero attached hydrogens (tertiary/aromatic N) is 3. The topological polar surface area (TPSA) is 59.8 Å². The fourth-order valence-corrected chi connectivity index (χ4v) is 3.78. The molecule has 146 valence electrons. The molecule has 0 saturated heterocycles. The predicted octanol–water partition coefficient (Wildman–Crippen LogP) is 5.16. The van der Waals surface area contributed by atoms with Crippen molar-refractivity contribution < 1.29 is 4.79 Å². The number of anilines is 1. The molecule has 3 aromatic rings. The molecule has 2 aromatic carbocycles. The van der Waals surface area contributed by atoms with Gasteiger partial charge in [0.1, 0.15) is 0 Å². The number of aromatic nitrogens is 3. The lowest BCUT2D eigenvalue weighted by atomic mass is 9.86. The minimum atomic E-state index is -0.0750. The largest absolute Gasteiger partial charge is 0.325 e. The molecule has 5 nitrogen and oxygen atoms in total. The fourth-order valence-electron chi connectivity index (χ4n) is 2.88. The number of nitrogens with one attached hydrogen (secondary N) is 1. The SMILES string of the molecule is Cn1c(SCC(=O)Nc2ccccc2C(C)(C)C)nnc1-c1cccc(Cl)c1. The Morgan fingerprint density at radius 1 is 1.14 bits per heavy atom. The van der Waals surface area contributed by atoms with E-state index in [-0.39, 0.29) is 17.1 Å². The highest BCUT2D eigenvalue weighted by Gasteiger charge is 2.19. The quantitative estimate of drug-likeness (QED) is 0.585. The molecule has 0 bridgehead atoms. The fraction of sp³-hybridized carbons (Fsp3) is 0.286. The molecule has 0 aliphatic carbocycles. The Bertz CT molecular complexity index is 994. The average molecular weight is 415 g/mol. The zero-order valence-electron chi connectivity index (χ0n) is 16.4. The number of carbonyl (C=O) groups excluding carboxylic acids is 1. The van der Waals surface area contributed by atoms with Crippen LogP contribution in [0.15, 0.2) is 53.7 Å². The van der Waals surface area contributed by atoms with Crippen LogP contribution in [0, 0.1) is 0 Å². The summed E-state index contributed by atoms with van der Waals surface area (Å²) in [5, 5.41) is 12.8. The summed E-state index contributed by atoms with van der Waals surface area (Å²) in [6.07, 6.45) is 0. The normalized spacial score (nSPS) is 11.5. The summed E-state index contributed by atoms with van der Waals surface area (Å²) >= 11 is 7.41. The molecule has 0 fully saturated rings. The first-order valence-electron chi connectivity index (χ1n) is 8.93. The van der Waals surface area contributed by atoms with E-state index < -0.39 is 0 Å². The number of thioether (sulfide) groups is 1. The highest BCUT2D eigenvalue weighted by Crippen LogP contribution is 2.30. The van der Waals surface area contributed by atoms with Crippen molar-refractivity contribution in [3.05, 3.63) is 59.1 Å². The lowest BCUT2D eigenvalue weighted by Gasteiger charge is -2.22. The van der Waals surface area contributed by atoms with Crippen LogP contribution in [0.25, 0.3) is 11.4 Å². The Morgan fingerprint density at radius 2 is 1.89 bits per heavy atom. The zero-order chi connectivity index (χ0) is 20.3. The van der Waals surface area contributed by atoms with Crippen LogP contribution in [-0.4, -0.2) is 26.4 Å². The van der Waals surface area contributed by atoms with E-state index in [1.54, 1.807) is 0 Å². The molecule has 1 N–H and O–H groups in total. The third kappa shape index (κ3) is 4.75. The predicted molar refractivity (Wildman–Crippen MR) is 116 cm³/mol. The second kappa shape index (κ2) is 8.37. The van der Waals surface area contributed by atoms with Crippen LogP contribution < -0.4 is 5.32 Å². The molecule has 28 heavy (non-hydrogen) atoms. The molecule has 0 saturated carbocycles. The van der Waals surface area contributed by atoms with Crippen LogP contribution in [0.1, 0.15) is 26.3 Å². The van der Waals surface area contributed by atoms with Crippen LogP contribution in [-0.2, 0) is 17.3 Å². The van der Waals surface area contributed by atoms with Gasteiger partial charge in [-0.15, -0.1) is 10.2 Å². The smallest absolute Gasteiger partial charge is 0.234 e. The molecule has 1 amide bonds. The molecule has 0 radical (unpaired) electrons. The van der Waals surface area contributed by atoms with Gasteiger partial charge in [0.15, 0.2) is 11.0 Å². The summed E-state index contributed by atoms with van der Waals surface area (Å²) < 4.78 is 1.87. The second-order valence-electron chi connectivity index (χ2n) is 7.51. The monoisotopic (exact) mass is 414 g/mol. The summed E-state index contributed by atoms with van der Waals surface area (Å²) in [6, 6.07) is 15.4. The molecular formula is C21H23ClN4OS. The number of para-hydroxylation sites is 1. The van der Waals surface area contributed by atoms with Crippen LogP contribution in [0.2, 0.25) is 5.02 Å². The number of carbonyl (C=O) groups is 1. The van der Waals surface area contributed by atoms with E-state index in [9.17, 15) is 4.79 Å². The number of halogens is 1. The van der Waals surface area contributed by atoms with Gasteiger partial charge in [0.25, 0.3) is 0 Å². The molecule has 0 atom stereocenters. The van der Waals surface area contributed by atoms with Gasteiger partial charge < -0.3 is 9.88 Å². The Morgan fingerprint density at radius 3 is 2.61 bits per heavy atom. The molecule has 3 rings (SSSR count). The van der Waals surface area contributed by atoms with Gasteiger partial charge in [-0.3, -0.25) is 4.79 Å². The molecule has 0 unspecified atom stereocenters. The third-order valence-electron chi connectivity index (χ3n) is 4.26. The highest BCUT2D eigenvalue weighted by molar-refractivity contribution is 7.99. The van der Waals surface area contributed by atoms with Gasteiger partial charge in [-0.25, -0.2) is 0 Å². The second-order valence-corrected chi connectivity index (χ2v) is 8.89. The van der Waals surface area contributed by atoms with E-state index in [0.29, 0.717) is 16.0 Å².